The van der Waals surface area contributed by atoms with E-state index >= 15 is 0 Å². The SMILES string of the molecule is COC(=O)c1cccc(-c2ccc([C@H]3[C@@H](c4ccccn4)NC(=S)N3c3ccc(Oc4ccccc4)cc3)o2)c1. The average Bonchev–Trinajstić information content (AvgIpc) is 3.63. The fourth-order valence-electron chi connectivity index (χ4n) is 4.81. The molecule has 0 amide bonds. The highest BCUT2D eigenvalue weighted by atomic mass is 32.1. The lowest BCUT2D eigenvalue weighted by atomic mass is 10.0. The molecule has 1 saturated heterocycles. The second-order valence-corrected chi connectivity index (χ2v) is 9.57. The highest BCUT2D eigenvalue weighted by molar-refractivity contribution is 7.80. The molecule has 0 radical (unpaired) electrons. The van der Waals surface area contributed by atoms with Crippen LogP contribution >= 0.6 is 12.2 Å². The number of ether oxygens (including phenoxy) is 2. The number of benzene rings is 3. The first-order valence-corrected chi connectivity index (χ1v) is 13.1. The summed E-state index contributed by atoms with van der Waals surface area (Å²) in [6, 6.07) is 33.7. The van der Waals surface area contributed by atoms with Crippen molar-refractivity contribution in [2.75, 3.05) is 12.0 Å². The van der Waals surface area contributed by atoms with Crippen molar-refractivity contribution >= 4 is 29.0 Å². The van der Waals surface area contributed by atoms with Gasteiger partial charge in [0, 0.05) is 17.4 Å². The number of rotatable bonds is 7. The van der Waals surface area contributed by atoms with Crippen LogP contribution in [0.15, 0.2) is 120 Å². The van der Waals surface area contributed by atoms with Crippen molar-refractivity contribution in [3.8, 4) is 22.8 Å². The zero-order valence-corrected chi connectivity index (χ0v) is 22.4. The summed E-state index contributed by atoms with van der Waals surface area (Å²) in [4.78, 5) is 18.7. The molecule has 8 heteroatoms. The fraction of sp³-hybridized carbons (Fsp3) is 0.0938. The maximum atomic E-state index is 12.1. The molecule has 1 N–H and O–H groups in total. The van der Waals surface area contributed by atoms with Gasteiger partial charge < -0.3 is 24.1 Å². The van der Waals surface area contributed by atoms with Crippen molar-refractivity contribution in [3.05, 3.63) is 132 Å². The molecule has 2 atom stereocenters. The first-order chi connectivity index (χ1) is 19.6. The van der Waals surface area contributed by atoms with Crippen LogP contribution in [0.2, 0.25) is 0 Å². The van der Waals surface area contributed by atoms with Crippen molar-refractivity contribution in [1.29, 1.82) is 0 Å². The molecule has 1 aliphatic rings. The number of hydrogen-bond acceptors (Lipinski definition) is 6. The third-order valence-electron chi connectivity index (χ3n) is 6.68. The van der Waals surface area contributed by atoms with Gasteiger partial charge >= 0.3 is 5.97 Å². The highest BCUT2D eigenvalue weighted by Gasteiger charge is 2.42. The number of methoxy groups -OCH3 is 1. The molecule has 3 aromatic carbocycles. The minimum Gasteiger partial charge on any atom is -0.465 e. The van der Waals surface area contributed by atoms with Gasteiger partial charge in [-0.3, -0.25) is 4.98 Å². The van der Waals surface area contributed by atoms with Crippen LogP contribution in [0.3, 0.4) is 0 Å². The Labute approximate surface area is 237 Å². The van der Waals surface area contributed by atoms with Gasteiger partial charge in [-0.2, -0.15) is 0 Å². The fourth-order valence-corrected chi connectivity index (χ4v) is 5.15. The predicted octanol–water partition coefficient (Wildman–Crippen LogP) is 7.10. The maximum Gasteiger partial charge on any atom is 0.337 e. The van der Waals surface area contributed by atoms with E-state index in [2.05, 4.69) is 10.3 Å². The molecular weight excluding hydrogens is 522 g/mol. The van der Waals surface area contributed by atoms with Crippen LogP contribution in [0, 0.1) is 0 Å². The molecule has 5 aromatic rings. The summed E-state index contributed by atoms with van der Waals surface area (Å²) in [5.41, 5.74) is 2.94. The Morgan fingerprint density at radius 2 is 1.68 bits per heavy atom. The van der Waals surface area contributed by atoms with Crippen LogP contribution < -0.4 is 15.0 Å². The van der Waals surface area contributed by atoms with E-state index in [0.29, 0.717) is 22.2 Å². The lowest BCUT2D eigenvalue weighted by Gasteiger charge is -2.26. The average molecular weight is 548 g/mol. The first kappa shape index (κ1) is 25.3. The van der Waals surface area contributed by atoms with Crippen LogP contribution in [0.5, 0.6) is 11.5 Å². The van der Waals surface area contributed by atoms with Gasteiger partial charge in [0.1, 0.15) is 29.1 Å². The number of carbonyl (C=O) groups is 1. The maximum absolute atomic E-state index is 12.1. The van der Waals surface area contributed by atoms with Crippen molar-refractivity contribution in [2.45, 2.75) is 12.1 Å². The number of furan rings is 1. The molecule has 0 saturated carbocycles. The molecular formula is C32H25N3O4S. The molecule has 1 aliphatic heterocycles. The molecule has 0 aliphatic carbocycles. The van der Waals surface area contributed by atoms with Crippen LogP contribution in [0.1, 0.15) is 33.9 Å². The largest absolute Gasteiger partial charge is 0.465 e. The van der Waals surface area contributed by atoms with E-state index < -0.39 is 5.97 Å². The van der Waals surface area contributed by atoms with Gasteiger partial charge in [-0.05, 0) is 85.0 Å². The summed E-state index contributed by atoms with van der Waals surface area (Å²) in [5.74, 6) is 2.41. The van der Waals surface area contributed by atoms with Gasteiger partial charge in [0.2, 0.25) is 0 Å². The normalized spacial score (nSPS) is 16.4. The summed E-state index contributed by atoms with van der Waals surface area (Å²) in [6.07, 6.45) is 1.77. The number of aromatic nitrogens is 1. The quantitative estimate of drug-likeness (QED) is 0.171. The first-order valence-electron chi connectivity index (χ1n) is 12.7. The van der Waals surface area contributed by atoms with Crippen molar-refractivity contribution < 1.29 is 18.7 Å². The minimum atomic E-state index is -0.403. The molecule has 1 fully saturated rings. The monoisotopic (exact) mass is 547 g/mol. The molecule has 7 nitrogen and oxygen atoms in total. The van der Waals surface area contributed by atoms with E-state index in [4.69, 9.17) is 26.1 Å². The van der Waals surface area contributed by atoms with Crippen molar-refractivity contribution in [1.82, 2.24) is 10.3 Å². The summed E-state index contributed by atoms with van der Waals surface area (Å²) >= 11 is 5.84. The Hall–Kier alpha value is -4.95. The van der Waals surface area contributed by atoms with Gasteiger partial charge in [-0.1, -0.05) is 36.4 Å². The Balaban J connectivity index is 1.35. The van der Waals surface area contributed by atoms with Gasteiger partial charge in [-0.15, -0.1) is 0 Å². The Morgan fingerprint density at radius 1 is 0.900 bits per heavy atom. The second-order valence-electron chi connectivity index (χ2n) is 9.18. The summed E-state index contributed by atoms with van der Waals surface area (Å²) in [5, 5.41) is 4.00. The van der Waals surface area contributed by atoms with Gasteiger partial charge in [-0.25, -0.2) is 4.79 Å². The number of nitrogens with zero attached hydrogens (tertiary/aromatic N) is 2. The van der Waals surface area contributed by atoms with Gasteiger partial charge in [0.05, 0.1) is 24.4 Å². The number of carbonyl (C=O) groups excluding carboxylic acids is 1. The Kier molecular flexibility index (Phi) is 6.99. The van der Waals surface area contributed by atoms with Crippen LogP contribution in [-0.4, -0.2) is 23.2 Å². The molecule has 6 rings (SSSR count). The third-order valence-corrected chi connectivity index (χ3v) is 6.99. The second kappa shape index (κ2) is 11.0. The molecule has 198 valence electrons. The van der Waals surface area contributed by atoms with E-state index in [0.717, 1.165) is 28.4 Å². The summed E-state index contributed by atoms with van der Waals surface area (Å²) in [7, 11) is 1.36. The van der Waals surface area contributed by atoms with Crippen LogP contribution in [0.25, 0.3) is 11.3 Å². The van der Waals surface area contributed by atoms with E-state index in [1.807, 2.05) is 95.9 Å². The van der Waals surface area contributed by atoms with Crippen molar-refractivity contribution in [3.63, 3.8) is 0 Å². The summed E-state index contributed by atoms with van der Waals surface area (Å²) in [6.45, 7) is 0. The number of thiocarbonyl (C=S) groups is 1. The van der Waals surface area contributed by atoms with E-state index in [1.165, 1.54) is 7.11 Å². The van der Waals surface area contributed by atoms with Crippen molar-refractivity contribution in [2.24, 2.45) is 0 Å². The number of pyridine rings is 1. The van der Waals surface area contributed by atoms with Crippen LogP contribution in [-0.2, 0) is 4.74 Å². The Morgan fingerprint density at radius 3 is 2.42 bits per heavy atom. The lowest BCUT2D eigenvalue weighted by molar-refractivity contribution is 0.0601. The van der Waals surface area contributed by atoms with E-state index in [9.17, 15) is 4.79 Å². The zero-order valence-electron chi connectivity index (χ0n) is 21.6. The van der Waals surface area contributed by atoms with E-state index in [1.54, 1.807) is 24.4 Å². The molecule has 0 spiro atoms. The number of nitrogens with one attached hydrogen (secondary N) is 1. The lowest BCUT2D eigenvalue weighted by Crippen LogP contribution is -2.29. The smallest absolute Gasteiger partial charge is 0.337 e. The molecule has 0 unspecified atom stereocenters. The highest BCUT2D eigenvalue weighted by Crippen LogP contribution is 2.43. The predicted molar refractivity (Wildman–Crippen MR) is 156 cm³/mol. The molecule has 40 heavy (non-hydrogen) atoms. The zero-order chi connectivity index (χ0) is 27.5. The number of esters is 1. The van der Waals surface area contributed by atoms with E-state index in [-0.39, 0.29) is 12.1 Å². The standard InChI is InChI=1S/C32H25N3O4S/c1-37-31(36)22-9-7-8-21(20-22)27-17-18-28(39-27)30-29(26-12-5-6-19-33-26)34-32(40)35(30)23-13-15-25(16-14-23)38-24-10-3-2-4-11-24/h2-20,29-30H,1H3,(H,34,40)/t29-,30+/m1/s1. The van der Waals surface area contributed by atoms with Crippen LogP contribution in [0.4, 0.5) is 5.69 Å². The van der Waals surface area contributed by atoms with Gasteiger partial charge in [0.15, 0.2) is 5.11 Å². The number of para-hydroxylation sites is 1. The topological polar surface area (TPSA) is 76.8 Å². The third kappa shape index (κ3) is 5.04. The Bertz CT molecular complexity index is 1640. The van der Waals surface area contributed by atoms with Gasteiger partial charge in [0.25, 0.3) is 0 Å². The summed E-state index contributed by atoms with van der Waals surface area (Å²) < 4.78 is 17.3. The molecule has 2 aromatic heterocycles. The number of hydrogen-bond donors (Lipinski definition) is 1. The molecule has 3 heterocycles. The number of anilines is 1. The molecule has 0 bridgehead atoms. The minimum absolute atomic E-state index is 0.255.